The maximum absolute atomic E-state index is 6.14. The van der Waals surface area contributed by atoms with E-state index in [1.54, 1.807) is 37.4 Å². The summed E-state index contributed by atoms with van der Waals surface area (Å²) in [5.41, 5.74) is 18.6. The molecule has 128 valence electrons. The summed E-state index contributed by atoms with van der Waals surface area (Å²) in [6.45, 7) is 0. The molecule has 0 saturated carbocycles. The zero-order valence-electron chi connectivity index (χ0n) is 13.2. The third kappa shape index (κ3) is 3.64. The molecule has 0 saturated heterocycles. The minimum atomic E-state index is -0.164. The average molecular weight is 359 g/mol. The van der Waals surface area contributed by atoms with Gasteiger partial charge in [-0.3, -0.25) is 0 Å². The number of oxazole rings is 1. The van der Waals surface area contributed by atoms with Crippen LogP contribution in [-0.4, -0.2) is 24.0 Å². The van der Waals surface area contributed by atoms with Crippen LogP contribution in [0.5, 0.6) is 5.75 Å². The summed E-state index contributed by atoms with van der Waals surface area (Å²) in [4.78, 5) is 12.2. The van der Waals surface area contributed by atoms with Gasteiger partial charge in [-0.15, -0.1) is 0 Å². The fraction of sp³-hybridized carbons (Fsp3) is 0.0625. The first-order chi connectivity index (χ1) is 12.0. The second kappa shape index (κ2) is 6.70. The number of halogens is 1. The molecule has 2 aromatic carbocycles. The van der Waals surface area contributed by atoms with Crippen LogP contribution in [0.4, 0.5) is 5.69 Å². The zero-order valence-corrected chi connectivity index (χ0v) is 14.0. The van der Waals surface area contributed by atoms with Gasteiger partial charge >= 0.3 is 0 Å². The Morgan fingerprint density at radius 2 is 1.96 bits per heavy atom. The van der Waals surface area contributed by atoms with E-state index in [4.69, 9.17) is 38.0 Å². The highest BCUT2D eigenvalue weighted by Gasteiger charge is 2.11. The zero-order chi connectivity index (χ0) is 18.0. The molecule has 8 nitrogen and oxygen atoms in total. The van der Waals surface area contributed by atoms with Crippen molar-refractivity contribution < 1.29 is 9.15 Å². The highest BCUT2D eigenvalue weighted by molar-refractivity contribution is 6.32. The molecule has 25 heavy (non-hydrogen) atoms. The van der Waals surface area contributed by atoms with Crippen molar-refractivity contribution in [1.29, 1.82) is 0 Å². The molecule has 0 unspecified atom stereocenters. The van der Waals surface area contributed by atoms with Crippen LogP contribution in [0.3, 0.4) is 0 Å². The number of aliphatic imine (C=N–C) groups is 2. The minimum absolute atomic E-state index is 0.0509. The molecule has 1 heterocycles. The number of ether oxygens (including phenoxy) is 1. The molecule has 1 aromatic heterocycles. The molecule has 0 aliphatic carbocycles. The summed E-state index contributed by atoms with van der Waals surface area (Å²) in [5.74, 6) is 0.790. The Morgan fingerprint density at radius 1 is 1.16 bits per heavy atom. The van der Waals surface area contributed by atoms with Gasteiger partial charge in [0.25, 0.3) is 0 Å². The van der Waals surface area contributed by atoms with E-state index in [-0.39, 0.29) is 11.9 Å². The van der Waals surface area contributed by atoms with Crippen molar-refractivity contribution >= 4 is 40.3 Å². The van der Waals surface area contributed by atoms with E-state index in [9.17, 15) is 0 Å². The van der Waals surface area contributed by atoms with Gasteiger partial charge in [-0.25, -0.2) is 9.98 Å². The van der Waals surface area contributed by atoms with Gasteiger partial charge < -0.3 is 26.4 Å². The first-order valence-corrected chi connectivity index (χ1v) is 7.52. The molecule has 0 fully saturated rings. The molecular weight excluding hydrogens is 344 g/mol. The van der Waals surface area contributed by atoms with E-state index in [1.165, 1.54) is 0 Å². The van der Waals surface area contributed by atoms with Gasteiger partial charge in [0, 0.05) is 5.56 Å². The minimum Gasteiger partial charge on any atom is -0.495 e. The summed E-state index contributed by atoms with van der Waals surface area (Å²) < 4.78 is 10.9. The largest absolute Gasteiger partial charge is 0.495 e. The van der Waals surface area contributed by atoms with E-state index >= 15 is 0 Å². The Hall–Kier alpha value is -3.26. The quantitative estimate of drug-likeness (QED) is 0.485. The summed E-state index contributed by atoms with van der Waals surface area (Å²) >= 11 is 6.14. The number of hydrogen-bond acceptors (Lipinski definition) is 4. The molecule has 3 rings (SSSR count). The maximum Gasteiger partial charge on any atom is 0.227 e. The number of aromatic nitrogens is 1. The molecule has 0 spiro atoms. The topological polar surface area (TPSA) is 138 Å². The highest BCUT2D eigenvalue weighted by atomic mass is 35.5. The first-order valence-electron chi connectivity index (χ1n) is 7.14. The molecule has 0 atom stereocenters. The lowest BCUT2D eigenvalue weighted by Crippen LogP contribution is -2.26. The normalized spacial score (nSPS) is 11.5. The van der Waals surface area contributed by atoms with Gasteiger partial charge in [0.1, 0.15) is 11.3 Å². The van der Waals surface area contributed by atoms with E-state index in [1.807, 2.05) is 6.07 Å². The predicted octanol–water partition coefficient (Wildman–Crippen LogP) is 2.38. The number of hydrogen-bond donors (Lipinski definition) is 3. The van der Waals surface area contributed by atoms with Crippen molar-refractivity contribution in [3.8, 4) is 17.2 Å². The second-order valence-corrected chi connectivity index (χ2v) is 5.43. The van der Waals surface area contributed by atoms with Crippen molar-refractivity contribution in [1.82, 2.24) is 4.98 Å². The van der Waals surface area contributed by atoms with Crippen LogP contribution in [0, 0.1) is 0 Å². The summed E-state index contributed by atoms with van der Waals surface area (Å²) in [5, 5.41) is 0.470. The standard InChI is InChI=1S/C16H15ClN6O2/c1-24-12-4-2-8(6-10(12)17)14-22-11-7-9(3-5-13(11)25-14)21-16(20)23-15(18)19/h2-7H,1H3,(H6,18,19,20,21,23). The number of guanidine groups is 2. The molecule has 0 radical (unpaired) electrons. The van der Waals surface area contributed by atoms with Crippen LogP contribution in [0.2, 0.25) is 5.02 Å². The Balaban J connectivity index is 1.98. The van der Waals surface area contributed by atoms with Crippen LogP contribution in [-0.2, 0) is 0 Å². The molecule has 0 aliphatic rings. The Bertz CT molecular complexity index is 991. The van der Waals surface area contributed by atoms with Crippen molar-refractivity contribution in [2.75, 3.05) is 7.11 Å². The number of methoxy groups -OCH3 is 1. The lowest BCUT2D eigenvalue weighted by atomic mass is 10.2. The van der Waals surface area contributed by atoms with E-state index in [2.05, 4.69) is 15.0 Å². The lowest BCUT2D eigenvalue weighted by molar-refractivity contribution is 0.415. The summed E-state index contributed by atoms with van der Waals surface area (Å²) in [6.07, 6.45) is 0. The van der Waals surface area contributed by atoms with Gasteiger partial charge in [-0.05, 0) is 36.4 Å². The second-order valence-electron chi connectivity index (χ2n) is 5.03. The third-order valence-electron chi connectivity index (χ3n) is 3.26. The molecule has 0 aliphatic heterocycles. The molecular formula is C16H15ClN6O2. The van der Waals surface area contributed by atoms with Crippen molar-refractivity contribution in [3.63, 3.8) is 0 Å². The van der Waals surface area contributed by atoms with Crippen LogP contribution in [0.15, 0.2) is 50.8 Å². The smallest absolute Gasteiger partial charge is 0.227 e. The first kappa shape index (κ1) is 16.6. The average Bonchev–Trinajstić information content (AvgIpc) is 2.97. The Kier molecular flexibility index (Phi) is 4.44. The van der Waals surface area contributed by atoms with Crippen LogP contribution in [0.25, 0.3) is 22.6 Å². The number of nitrogens with zero attached hydrogens (tertiary/aromatic N) is 3. The molecule has 3 aromatic rings. The third-order valence-corrected chi connectivity index (χ3v) is 3.55. The summed E-state index contributed by atoms with van der Waals surface area (Å²) in [6, 6.07) is 10.4. The van der Waals surface area contributed by atoms with Crippen molar-refractivity contribution in [2.45, 2.75) is 0 Å². The van der Waals surface area contributed by atoms with Gasteiger partial charge in [0.05, 0.1) is 17.8 Å². The lowest BCUT2D eigenvalue weighted by Gasteiger charge is -2.03. The SMILES string of the molecule is COc1ccc(-c2nc3cc(N=C(N)N=C(N)N)ccc3o2)cc1Cl. The number of benzene rings is 2. The van der Waals surface area contributed by atoms with Gasteiger partial charge in [0.15, 0.2) is 11.5 Å². The van der Waals surface area contributed by atoms with Crippen molar-refractivity contribution in [2.24, 2.45) is 27.2 Å². The van der Waals surface area contributed by atoms with Crippen molar-refractivity contribution in [3.05, 3.63) is 41.4 Å². The van der Waals surface area contributed by atoms with Crippen LogP contribution in [0.1, 0.15) is 0 Å². The van der Waals surface area contributed by atoms with Gasteiger partial charge in [0.2, 0.25) is 11.9 Å². The molecule has 6 N–H and O–H groups in total. The van der Waals surface area contributed by atoms with Gasteiger partial charge in [-0.1, -0.05) is 11.6 Å². The van der Waals surface area contributed by atoms with Gasteiger partial charge in [-0.2, -0.15) is 4.99 Å². The number of rotatable bonds is 3. The molecule has 0 amide bonds. The summed E-state index contributed by atoms with van der Waals surface area (Å²) in [7, 11) is 1.55. The Morgan fingerprint density at radius 3 is 2.64 bits per heavy atom. The van der Waals surface area contributed by atoms with Crippen LogP contribution >= 0.6 is 11.6 Å². The highest BCUT2D eigenvalue weighted by Crippen LogP contribution is 2.32. The Labute approximate surface area is 148 Å². The van der Waals surface area contributed by atoms with E-state index in [0.717, 1.165) is 5.56 Å². The number of fused-ring (bicyclic) bond motifs is 1. The predicted molar refractivity (Wildman–Crippen MR) is 98.1 cm³/mol. The fourth-order valence-corrected chi connectivity index (χ4v) is 2.46. The number of nitrogens with two attached hydrogens (primary N) is 3. The van der Waals surface area contributed by atoms with E-state index < -0.39 is 0 Å². The van der Waals surface area contributed by atoms with E-state index in [0.29, 0.717) is 33.4 Å². The fourth-order valence-electron chi connectivity index (χ4n) is 2.20. The monoisotopic (exact) mass is 358 g/mol. The molecule has 0 bridgehead atoms. The molecule has 9 heteroatoms. The maximum atomic E-state index is 6.14. The van der Waals surface area contributed by atoms with Crippen LogP contribution < -0.4 is 21.9 Å².